The first-order valence-electron chi connectivity index (χ1n) is 8.62. The summed E-state index contributed by atoms with van der Waals surface area (Å²) in [6.07, 6.45) is 5.03. The van der Waals surface area contributed by atoms with Gasteiger partial charge in [0.2, 0.25) is 0 Å². The molecule has 0 spiro atoms. The van der Waals surface area contributed by atoms with Gasteiger partial charge in [-0.15, -0.1) is 0 Å². The van der Waals surface area contributed by atoms with Crippen molar-refractivity contribution in [2.75, 3.05) is 0 Å². The van der Waals surface area contributed by atoms with Gasteiger partial charge in [0.1, 0.15) is 0 Å². The highest BCUT2D eigenvalue weighted by molar-refractivity contribution is 7.99. The molecule has 0 saturated carbocycles. The van der Waals surface area contributed by atoms with E-state index in [1.54, 1.807) is 33.9 Å². The zero-order valence-corrected chi connectivity index (χ0v) is 16.6. The smallest absolute Gasteiger partial charge is 0.338 e. The zero-order valence-electron chi connectivity index (χ0n) is 15.1. The summed E-state index contributed by atoms with van der Waals surface area (Å²) in [5, 5.41) is 13.9. The molecule has 0 bridgehead atoms. The number of aromatic carboxylic acids is 1. The van der Waals surface area contributed by atoms with Crippen LogP contribution >= 0.6 is 23.4 Å². The molecule has 0 unspecified atom stereocenters. The van der Waals surface area contributed by atoms with Crippen LogP contribution in [-0.4, -0.2) is 25.4 Å². The topological polar surface area (TPSA) is 60.0 Å². The van der Waals surface area contributed by atoms with Gasteiger partial charge in [-0.1, -0.05) is 29.4 Å². The van der Waals surface area contributed by atoms with Crippen molar-refractivity contribution < 1.29 is 18.7 Å². The Morgan fingerprint density at radius 1 is 1.17 bits per heavy atom. The van der Waals surface area contributed by atoms with Gasteiger partial charge in [0.15, 0.2) is 11.6 Å². The molecule has 0 atom stereocenters. The molecule has 0 saturated heterocycles. The van der Waals surface area contributed by atoms with Crippen LogP contribution in [0.5, 0.6) is 0 Å². The van der Waals surface area contributed by atoms with Crippen molar-refractivity contribution in [3.8, 4) is 5.69 Å². The van der Waals surface area contributed by atoms with Crippen LogP contribution in [0, 0.1) is 11.6 Å². The summed E-state index contributed by atoms with van der Waals surface area (Å²) < 4.78 is 32.8. The van der Waals surface area contributed by atoms with E-state index in [-0.39, 0.29) is 15.4 Å². The van der Waals surface area contributed by atoms with Crippen LogP contribution in [0.2, 0.25) is 5.02 Å². The number of carboxylic acids is 1. The highest BCUT2D eigenvalue weighted by Gasteiger charge is 2.20. The summed E-state index contributed by atoms with van der Waals surface area (Å²) in [5.41, 5.74) is 0.451. The standard InChI is InChI=1S/C20H14ClF2N3O2S/c1-2-25-9-11(8-24-25)26-10-16(12-6-7-14(21)18(23)19(12)26)29-15-5-3-4-13(17(15)22)20(27)28/h3-10H,2H2,1H3,(H,27,28). The fraction of sp³-hybridized carbons (Fsp3) is 0.100. The number of aryl methyl sites for hydroxylation is 1. The maximum atomic E-state index is 14.9. The Morgan fingerprint density at radius 2 is 1.97 bits per heavy atom. The van der Waals surface area contributed by atoms with Gasteiger partial charge < -0.3 is 9.67 Å². The van der Waals surface area contributed by atoms with Gasteiger partial charge in [-0.2, -0.15) is 5.10 Å². The summed E-state index contributed by atoms with van der Waals surface area (Å²) in [4.78, 5) is 11.9. The largest absolute Gasteiger partial charge is 0.478 e. The average Bonchev–Trinajstić information content (AvgIpc) is 3.31. The summed E-state index contributed by atoms with van der Waals surface area (Å²) in [6.45, 7) is 2.58. The molecule has 2 aromatic heterocycles. The summed E-state index contributed by atoms with van der Waals surface area (Å²) >= 11 is 7.01. The summed E-state index contributed by atoms with van der Waals surface area (Å²) in [7, 11) is 0. The molecule has 5 nitrogen and oxygen atoms in total. The fourth-order valence-corrected chi connectivity index (χ4v) is 4.20. The van der Waals surface area contributed by atoms with Crippen molar-refractivity contribution in [1.82, 2.24) is 14.3 Å². The van der Waals surface area contributed by atoms with Crippen LogP contribution in [0.1, 0.15) is 17.3 Å². The first-order chi connectivity index (χ1) is 13.9. The predicted molar refractivity (Wildman–Crippen MR) is 107 cm³/mol. The highest BCUT2D eigenvalue weighted by atomic mass is 35.5. The number of hydrogen-bond acceptors (Lipinski definition) is 3. The third-order valence-electron chi connectivity index (χ3n) is 4.46. The lowest BCUT2D eigenvalue weighted by molar-refractivity contribution is 0.0691. The minimum absolute atomic E-state index is 0.0321. The van der Waals surface area contributed by atoms with Crippen LogP contribution < -0.4 is 0 Å². The third kappa shape index (κ3) is 3.38. The van der Waals surface area contributed by atoms with Crippen LogP contribution in [-0.2, 0) is 6.54 Å². The predicted octanol–water partition coefficient (Wildman–Crippen LogP) is 5.63. The van der Waals surface area contributed by atoms with E-state index in [2.05, 4.69) is 5.10 Å². The second-order valence-electron chi connectivity index (χ2n) is 6.20. The Bertz CT molecular complexity index is 1250. The molecule has 148 valence electrons. The van der Waals surface area contributed by atoms with Crippen LogP contribution in [0.15, 0.2) is 58.7 Å². The number of aromatic nitrogens is 3. The molecule has 2 aromatic carbocycles. The van der Waals surface area contributed by atoms with Crippen molar-refractivity contribution in [2.24, 2.45) is 0 Å². The molecule has 0 aliphatic heterocycles. The van der Waals surface area contributed by atoms with Gasteiger partial charge in [-0.05, 0) is 31.2 Å². The minimum Gasteiger partial charge on any atom is -0.478 e. The van der Waals surface area contributed by atoms with Crippen LogP contribution in [0.25, 0.3) is 16.6 Å². The Balaban J connectivity index is 1.89. The van der Waals surface area contributed by atoms with Crippen molar-refractivity contribution >= 4 is 40.2 Å². The van der Waals surface area contributed by atoms with Crippen LogP contribution in [0.3, 0.4) is 0 Å². The van der Waals surface area contributed by atoms with Gasteiger partial charge in [0.05, 0.1) is 28.0 Å². The van der Waals surface area contributed by atoms with Crippen LogP contribution in [0.4, 0.5) is 8.78 Å². The van der Waals surface area contributed by atoms with E-state index in [1.165, 1.54) is 24.3 Å². The molecule has 0 aliphatic rings. The fourth-order valence-electron chi connectivity index (χ4n) is 3.03. The molecular weight excluding hydrogens is 420 g/mol. The molecule has 0 fully saturated rings. The number of rotatable bonds is 5. The Hall–Kier alpha value is -2.84. The first-order valence-corrected chi connectivity index (χ1v) is 9.81. The monoisotopic (exact) mass is 433 g/mol. The van der Waals surface area contributed by atoms with Gasteiger partial charge >= 0.3 is 5.97 Å². The number of benzene rings is 2. The maximum Gasteiger partial charge on any atom is 0.338 e. The molecule has 1 N–H and O–H groups in total. The second-order valence-corrected chi connectivity index (χ2v) is 7.69. The second kappa shape index (κ2) is 7.53. The summed E-state index contributed by atoms with van der Waals surface area (Å²) in [6, 6.07) is 7.24. The number of carbonyl (C=O) groups is 1. The molecule has 0 radical (unpaired) electrons. The molecule has 0 aliphatic carbocycles. The molecule has 0 amide bonds. The van der Waals surface area contributed by atoms with E-state index >= 15 is 0 Å². The number of halogens is 3. The summed E-state index contributed by atoms with van der Waals surface area (Å²) in [5.74, 6) is -2.78. The van der Waals surface area contributed by atoms with E-state index in [1.807, 2.05) is 6.92 Å². The van der Waals surface area contributed by atoms with Crippen molar-refractivity contribution in [3.63, 3.8) is 0 Å². The van der Waals surface area contributed by atoms with Crippen molar-refractivity contribution in [3.05, 3.63) is 71.1 Å². The number of fused-ring (bicyclic) bond motifs is 1. The molecular formula is C20H14ClF2N3O2S. The molecule has 4 rings (SSSR count). The van der Waals surface area contributed by atoms with Gasteiger partial charge in [-0.3, -0.25) is 4.68 Å². The van der Waals surface area contributed by atoms with Crippen molar-refractivity contribution in [2.45, 2.75) is 23.3 Å². The molecule has 4 aromatic rings. The van der Waals surface area contributed by atoms with Crippen molar-refractivity contribution in [1.29, 1.82) is 0 Å². The Morgan fingerprint density at radius 3 is 2.66 bits per heavy atom. The van der Waals surface area contributed by atoms with E-state index < -0.39 is 23.2 Å². The number of hydrogen-bond donors (Lipinski definition) is 1. The van der Waals surface area contributed by atoms with Gasteiger partial charge in [0.25, 0.3) is 0 Å². The lowest BCUT2D eigenvalue weighted by atomic mass is 10.2. The average molecular weight is 434 g/mol. The SMILES string of the molecule is CCn1cc(-n2cc(Sc3cccc(C(=O)O)c3F)c3ccc(Cl)c(F)c32)cn1. The lowest BCUT2D eigenvalue weighted by Gasteiger charge is -2.05. The number of carboxylic acid groups (broad SMARTS) is 1. The number of nitrogens with zero attached hydrogens (tertiary/aromatic N) is 3. The maximum absolute atomic E-state index is 14.9. The van der Waals surface area contributed by atoms with Gasteiger partial charge in [0, 0.05) is 34.1 Å². The molecule has 9 heteroatoms. The zero-order chi connectivity index (χ0) is 20.7. The van der Waals surface area contributed by atoms with E-state index in [4.69, 9.17) is 16.7 Å². The molecule has 2 heterocycles. The Kier molecular flexibility index (Phi) is 5.06. The van der Waals surface area contributed by atoms with E-state index in [9.17, 15) is 13.6 Å². The van der Waals surface area contributed by atoms with Gasteiger partial charge in [-0.25, -0.2) is 13.6 Å². The quantitative estimate of drug-likeness (QED) is 0.443. The minimum atomic E-state index is -1.35. The molecule has 29 heavy (non-hydrogen) atoms. The lowest BCUT2D eigenvalue weighted by Crippen LogP contribution is -2.01. The first kappa shape index (κ1) is 19.5. The van der Waals surface area contributed by atoms with E-state index in [0.717, 1.165) is 11.8 Å². The normalized spacial score (nSPS) is 11.3. The Labute approximate surface area is 173 Å². The third-order valence-corrected chi connectivity index (χ3v) is 5.83. The van der Waals surface area contributed by atoms with E-state index in [0.29, 0.717) is 22.5 Å². The highest BCUT2D eigenvalue weighted by Crippen LogP contribution is 2.40.